The van der Waals surface area contributed by atoms with Crippen LogP contribution in [0.2, 0.25) is 0 Å². The second kappa shape index (κ2) is 7.48. The first-order chi connectivity index (χ1) is 14.2. The average molecular weight is 392 g/mol. The maximum Gasteiger partial charge on any atom is 0.267 e. The Morgan fingerprint density at radius 2 is 2.07 bits per heavy atom. The number of methoxy groups -OCH3 is 1. The standard InChI is InChI=1S/C22H24N4O3/c1-28-15-6-7-18-16(11-15)19(8-9-23-18)24-20-12-29-13-21(20)26-22(27)10-14-4-2-3-5-17(14)25-26/h6-11,20-21H,2-5,12-13H2,1H3,(H,23,24). The van der Waals surface area contributed by atoms with Crippen molar-refractivity contribution in [3.63, 3.8) is 0 Å². The first kappa shape index (κ1) is 18.1. The van der Waals surface area contributed by atoms with Gasteiger partial charge in [0.05, 0.1) is 37.6 Å². The molecule has 150 valence electrons. The van der Waals surface area contributed by atoms with Crippen molar-refractivity contribution in [3.8, 4) is 5.75 Å². The summed E-state index contributed by atoms with van der Waals surface area (Å²) in [5, 5.41) is 9.27. The first-order valence-corrected chi connectivity index (χ1v) is 10.1. The summed E-state index contributed by atoms with van der Waals surface area (Å²) >= 11 is 0. The van der Waals surface area contributed by atoms with Crippen LogP contribution in [0, 0.1) is 0 Å². The summed E-state index contributed by atoms with van der Waals surface area (Å²) in [7, 11) is 1.65. The van der Waals surface area contributed by atoms with Gasteiger partial charge in [-0.05, 0) is 55.5 Å². The lowest BCUT2D eigenvalue weighted by Gasteiger charge is -2.24. The van der Waals surface area contributed by atoms with Gasteiger partial charge in [-0.25, -0.2) is 4.68 Å². The van der Waals surface area contributed by atoms with E-state index >= 15 is 0 Å². The van der Waals surface area contributed by atoms with Gasteiger partial charge < -0.3 is 14.8 Å². The summed E-state index contributed by atoms with van der Waals surface area (Å²) in [6.45, 7) is 0.985. The van der Waals surface area contributed by atoms with E-state index in [9.17, 15) is 4.79 Å². The Balaban J connectivity index is 1.48. The number of pyridine rings is 1. The van der Waals surface area contributed by atoms with Crippen molar-refractivity contribution in [2.75, 3.05) is 25.6 Å². The fourth-order valence-corrected chi connectivity index (χ4v) is 4.31. The lowest BCUT2D eigenvalue weighted by molar-refractivity contribution is 0.182. The highest BCUT2D eigenvalue weighted by Gasteiger charge is 2.32. The number of ether oxygens (including phenoxy) is 2. The van der Waals surface area contributed by atoms with Gasteiger partial charge in [0.1, 0.15) is 11.8 Å². The summed E-state index contributed by atoms with van der Waals surface area (Å²) in [6, 6.07) is 9.32. The van der Waals surface area contributed by atoms with Crippen LogP contribution in [-0.4, -0.2) is 41.1 Å². The van der Waals surface area contributed by atoms with Gasteiger partial charge >= 0.3 is 0 Å². The number of aromatic nitrogens is 3. The SMILES string of the molecule is COc1ccc2nccc(NC3COCC3n3nc4c(cc3=O)CCCC4)c2c1. The Hall–Kier alpha value is -2.93. The maximum absolute atomic E-state index is 12.8. The number of nitrogens with one attached hydrogen (secondary N) is 1. The minimum Gasteiger partial charge on any atom is -0.497 e. The molecule has 0 radical (unpaired) electrons. The van der Waals surface area contributed by atoms with Crippen molar-refractivity contribution in [3.05, 3.63) is 58.1 Å². The molecule has 5 rings (SSSR count). The van der Waals surface area contributed by atoms with Crippen LogP contribution in [0.4, 0.5) is 5.69 Å². The predicted octanol–water partition coefficient (Wildman–Crippen LogP) is 2.73. The van der Waals surface area contributed by atoms with Crippen LogP contribution in [0.5, 0.6) is 5.75 Å². The summed E-state index contributed by atoms with van der Waals surface area (Å²) in [4.78, 5) is 17.2. The Kier molecular flexibility index (Phi) is 4.67. The number of hydrogen-bond acceptors (Lipinski definition) is 6. The molecule has 0 saturated carbocycles. The van der Waals surface area contributed by atoms with E-state index in [1.807, 2.05) is 24.3 Å². The molecular formula is C22H24N4O3. The van der Waals surface area contributed by atoms with Gasteiger partial charge in [-0.2, -0.15) is 5.10 Å². The van der Waals surface area contributed by atoms with E-state index in [1.54, 1.807) is 24.1 Å². The second-order valence-corrected chi connectivity index (χ2v) is 7.70. The topological polar surface area (TPSA) is 78.3 Å². The number of hydrogen-bond donors (Lipinski definition) is 1. The molecule has 1 saturated heterocycles. The molecule has 3 heterocycles. The molecule has 2 atom stereocenters. The molecule has 2 unspecified atom stereocenters. The van der Waals surface area contributed by atoms with Gasteiger partial charge in [-0.3, -0.25) is 9.78 Å². The van der Waals surface area contributed by atoms with Crippen molar-refractivity contribution in [2.24, 2.45) is 0 Å². The zero-order valence-corrected chi connectivity index (χ0v) is 16.4. The van der Waals surface area contributed by atoms with Crippen molar-refractivity contribution in [1.82, 2.24) is 14.8 Å². The monoisotopic (exact) mass is 392 g/mol. The Morgan fingerprint density at radius 1 is 1.17 bits per heavy atom. The van der Waals surface area contributed by atoms with Gasteiger partial charge in [0.25, 0.3) is 5.56 Å². The van der Waals surface area contributed by atoms with E-state index in [0.29, 0.717) is 13.2 Å². The van der Waals surface area contributed by atoms with Crippen LogP contribution in [0.15, 0.2) is 41.3 Å². The molecule has 1 fully saturated rings. The van der Waals surface area contributed by atoms with Crippen LogP contribution in [0.25, 0.3) is 10.9 Å². The summed E-state index contributed by atoms with van der Waals surface area (Å²) in [6.07, 6.45) is 5.94. The Bertz CT molecular complexity index is 1110. The van der Waals surface area contributed by atoms with Crippen LogP contribution in [-0.2, 0) is 17.6 Å². The Morgan fingerprint density at radius 3 is 2.97 bits per heavy atom. The predicted molar refractivity (Wildman–Crippen MR) is 111 cm³/mol. The number of anilines is 1. The number of aryl methyl sites for hydroxylation is 2. The van der Waals surface area contributed by atoms with E-state index in [1.165, 1.54) is 0 Å². The number of nitrogens with zero attached hydrogens (tertiary/aromatic N) is 3. The molecule has 1 aliphatic heterocycles. The molecule has 7 nitrogen and oxygen atoms in total. The minimum absolute atomic E-state index is 0.0470. The lowest BCUT2D eigenvalue weighted by Crippen LogP contribution is -2.38. The molecular weight excluding hydrogens is 368 g/mol. The van der Waals surface area contributed by atoms with Gasteiger partial charge in [0.2, 0.25) is 0 Å². The van der Waals surface area contributed by atoms with Crippen molar-refractivity contribution in [1.29, 1.82) is 0 Å². The third kappa shape index (κ3) is 3.35. The average Bonchev–Trinajstić information content (AvgIpc) is 3.21. The van der Waals surface area contributed by atoms with E-state index in [4.69, 9.17) is 14.6 Å². The molecule has 3 aromatic rings. The third-order valence-corrected chi connectivity index (χ3v) is 5.89. The van der Waals surface area contributed by atoms with E-state index < -0.39 is 0 Å². The largest absolute Gasteiger partial charge is 0.497 e. The molecule has 0 spiro atoms. The van der Waals surface area contributed by atoms with Gasteiger partial charge in [-0.1, -0.05) is 0 Å². The van der Waals surface area contributed by atoms with Gasteiger partial charge in [0.15, 0.2) is 0 Å². The number of rotatable bonds is 4. The fourth-order valence-electron chi connectivity index (χ4n) is 4.31. The summed E-state index contributed by atoms with van der Waals surface area (Å²) in [5.74, 6) is 0.778. The third-order valence-electron chi connectivity index (χ3n) is 5.89. The molecule has 2 aromatic heterocycles. The van der Waals surface area contributed by atoms with Gasteiger partial charge in [-0.15, -0.1) is 0 Å². The molecule has 1 aromatic carbocycles. The van der Waals surface area contributed by atoms with Crippen LogP contribution in [0.1, 0.15) is 30.1 Å². The van der Waals surface area contributed by atoms with Crippen molar-refractivity contribution >= 4 is 16.6 Å². The zero-order chi connectivity index (χ0) is 19.8. The molecule has 1 aliphatic carbocycles. The van der Waals surface area contributed by atoms with Crippen LogP contribution >= 0.6 is 0 Å². The highest BCUT2D eigenvalue weighted by Crippen LogP contribution is 2.29. The molecule has 2 aliphatic rings. The van der Waals surface area contributed by atoms with Crippen molar-refractivity contribution < 1.29 is 9.47 Å². The smallest absolute Gasteiger partial charge is 0.267 e. The van der Waals surface area contributed by atoms with Crippen LogP contribution < -0.4 is 15.6 Å². The quantitative estimate of drug-likeness (QED) is 0.736. The molecule has 0 amide bonds. The number of fused-ring (bicyclic) bond motifs is 2. The van der Waals surface area contributed by atoms with Crippen LogP contribution in [0.3, 0.4) is 0 Å². The van der Waals surface area contributed by atoms with E-state index in [-0.39, 0.29) is 17.6 Å². The maximum atomic E-state index is 12.8. The molecule has 1 N–H and O–H groups in total. The van der Waals surface area contributed by atoms with E-state index in [0.717, 1.165) is 59.3 Å². The summed E-state index contributed by atoms with van der Waals surface area (Å²) < 4.78 is 12.7. The second-order valence-electron chi connectivity index (χ2n) is 7.70. The normalized spacial score (nSPS) is 21.1. The molecule has 0 bridgehead atoms. The summed E-state index contributed by atoms with van der Waals surface area (Å²) in [5.41, 5.74) is 3.94. The van der Waals surface area contributed by atoms with Gasteiger partial charge in [0, 0.05) is 23.3 Å². The highest BCUT2D eigenvalue weighted by atomic mass is 16.5. The highest BCUT2D eigenvalue weighted by molar-refractivity contribution is 5.92. The van der Waals surface area contributed by atoms with Crippen molar-refractivity contribution in [2.45, 2.75) is 37.8 Å². The van der Waals surface area contributed by atoms with E-state index in [2.05, 4.69) is 10.3 Å². The number of benzene rings is 1. The molecule has 29 heavy (non-hydrogen) atoms. The lowest BCUT2D eigenvalue weighted by atomic mass is 9.97. The minimum atomic E-state index is -0.149. The fraction of sp³-hybridized carbons (Fsp3) is 0.409. The molecule has 7 heteroatoms. The first-order valence-electron chi connectivity index (χ1n) is 10.1. The Labute approximate surface area is 168 Å². The zero-order valence-electron chi connectivity index (χ0n) is 16.4.